The highest BCUT2D eigenvalue weighted by Crippen LogP contribution is 2.36. The zero-order valence-electron chi connectivity index (χ0n) is 11.3. The number of nitrogens with zero attached hydrogens (tertiary/aromatic N) is 2. The van der Waals surface area contributed by atoms with Crippen LogP contribution in [-0.2, 0) is 6.54 Å². The molecule has 0 aromatic carbocycles. The van der Waals surface area contributed by atoms with E-state index in [1.54, 1.807) is 12.3 Å². The van der Waals surface area contributed by atoms with Crippen LogP contribution >= 0.6 is 0 Å². The van der Waals surface area contributed by atoms with Crippen molar-refractivity contribution in [3.63, 3.8) is 0 Å². The van der Waals surface area contributed by atoms with Gasteiger partial charge in [-0.1, -0.05) is 12.8 Å². The van der Waals surface area contributed by atoms with E-state index in [0.29, 0.717) is 6.04 Å². The highest BCUT2D eigenvalue weighted by Gasteiger charge is 2.26. The van der Waals surface area contributed by atoms with E-state index in [0.717, 1.165) is 38.2 Å². The maximum Gasteiger partial charge on any atom is 0.223 e. The van der Waals surface area contributed by atoms with Gasteiger partial charge < -0.3 is 9.67 Å². The van der Waals surface area contributed by atoms with Crippen molar-refractivity contribution in [1.82, 2.24) is 9.47 Å². The summed E-state index contributed by atoms with van der Waals surface area (Å²) in [5, 5.41) is 9.61. The van der Waals surface area contributed by atoms with Crippen molar-refractivity contribution in [2.45, 2.75) is 51.1 Å². The van der Waals surface area contributed by atoms with Gasteiger partial charge in [-0.3, -0.25) is 9.69 Å². The monoisotopic (exact) mass is 262 g/mol. The SMILES string of the molecule is O=c1cc(CN2CCCCCC2)n(C2CC2)cc1O. The molecule has 3 rings (SSSR count). The molecular weight excluding hydrogens is 240 g/mol. The Bertz CT molecular complexity index is 497. The van der Waals surface area contributed by atoms with Gasteiger partial charge in [0.1, 0.15) is 0 Å². The minimum Gasteiger partial charge on any atom is -0.503 e. The molecule has 0 radical (unpaired) electrons. The average Bonchev–Trinajstić information content (AvgIpc) is 3.21. The number of hydrogen-bond acceptors (Lipinski definition) is 3. The summed E-state index contributed by atoms with van der Waals surface area (Å²) in [5.41, 5.74) is 0.814. The molecule has 104 valence electrons. The Morgan fingerprint density at radius 3 is 2.47 bits per heavy atom. The van der Waals surface area contributed by atoms with Gasteiger partial charge in [-0.15, -0.1) is 0 Å². The minimum absolute atomic E-state index is 0.119. The molecule has 1 saturated heterocycles. The Labute approximate surface area is 113 Å². The second-order valence-electron chi connectivity index (χ2n) is 5.84. The molecule has 1 aliphatic carbocycles. The predicted octanol–water partition coefficient (Wildman–Crippen LogP) is 2.26. The highest BCUT2D eigenvalue weighted by atomic mass is 16.3. The van der Waals surface area contributed by atoms with Crippen molar-refractivity contribution < 1.29 is 5.11 Å². The number of rotatable bonds is 3. The van der Waals surface area contributed by atoms with E-state index in [4.69, 9.17) is 0 Å². The lowest BCUT2D eigenvalue weighted by Gasteiger charge is -2.22. The molecule has 0 amide bonds. The third-order valence-corrected chi connectivity index (χ3v) is 4.17. The van der Waals surface area contributed by atoms with Crippen LogP contribution in [0.4, 0.5) is 0 Å². The van der Waals surface area contributed by atoms with Crippen LogP contribution in [0.25, 0.3) is 0 Å². The van der Waals surface area contributed by atoms with Crippen LogP contribution in [0.15, 0.2) is 17.1 Å². The topological polar surface area (TPSA) is 45.5 Å². The predicted molar refractivity (Wildman–Crippen MR) is 74.4 cm³/mol. The second-order valence-corrected chi connectivity index (χ2v) is 5.84. The van der Waals surface area contributed by atoms with Gasteiger partial charge in [-0.25, -0.2) is 0 Å². The average molecular weight is 262 g/mol. The van der Waals surface area contributed by atoms with Gasteiger partial charge in [0.05, 0.1) is 6.20 Å². The number of hydrogen-bond donors (Lipinski definition) is 1. The largest absolute Gasteiger partial charge is 0.503 e. The summed E-state index contributed by atoms with van der Waals surface area (Å²) in [4.78, 5) is 14.1. The Morgan fingerprint density at radius 1 is 1.16 bits per heavy atom. The lowest BCUT2D eigenvalue weighted by atomic mass is 10.2. The number of aromatic nitrogens is 1. The summed E-state index contributed by atoms with van der Waals surface area (Å²) in [6, 6.07) is 2.12. The van der Waals surface area contributed by atoms with Crippen LogP contribution in [0.3, 0.4) is 0 Å². The van der Waals surface area contributed by atoms with Crippen LogP contribution in [0.5, 0.6) is 5.75 Å². The fraction of sp³-hybridized carbons (Fsp3) is 0.667. The molecule has 2 fully saturated rings. The normalized spacial score (nSPS) is 21.3. The quantitative estimate of drug-likeness (QED) is 0.909. The first-order valence-electron chi connectivity index (χ1n) is 7.40. The molecule has 0 spiro atoms. The van der Waals surface area contributed by atoms with Gasteiger partial charge in [0, 0.05) is 24.3 Å². The molecule has 4 nitrogen and oxygen atoms in total. The first kappa shape index (κ1) is 12.7. The molecule has 1 aliphatic heterocycles. The molecule has 1 aromatic rings. The van der Waals surface area contributed by atoms with Crippen LogP contribution in [0, 0.1) is 0 Å². The summed E-state index contributed by atoms with van der Waals surface area (Å²) in [7, 11) is 0. The maximum atomic E-state index is 11.7. The molecule has 0 atom stereocenters. The molecule has 1 N–H and O–H groups in total. The van der Waals surface area contributed by atoms with E-state index in [-0.39, 0.29) is 11.2 Å². The highest BCUT2D eigenvalue weighted by molar-refractivity contribution is 5.22. The van der Waals surface area contributed by atoms with Crippen molar-refractivity contribution in [2.24, 2.45) is 0 Å². The van der Waals surface area contributed by atoms with Gasteiger partial charge >= 0.3 is 0 Å². The summed E-state index contributed by atoms with van der Waals surface area (Å²) in [5.74, 6) is -0.119. The zero-order chi connectivity index (χ0) is 13.2. The summed E-state index contributed by atoms with van der Waals surface area (Å²) >= 11 is 0. The van der Waals surface area contributed by atoms with E-state index >= 15 is 0 Å². The molecule has 0 unspecified atom stereocenters. The van der Waals surface area contributed by atoms with E-state index in [2.05, 4.69) is 9.47 Å². The number of pyridine rings is 1. The van der Waals surface area contributed by atoms with Gasteiger partial charge in [0.2, 0.25) is 5.43 Å². The van der Waals surface area contributed by atoms with Crippen molar-refractivity contribution in [3.8, 4) is 5.75 Å². The van der Waals surface area contributed by atoms with Crippen LogP contribution in [0.1, 0.15) is 50.3 Å². The van der Waals surface area contributed by atoms with Crippen molar-refractivity contribution in [2.75, 3.05) is 13.1 Å². The summed E-state index contributed by atoms with van der Waals surface area (Å²) in [6.07, 6.45) is 9.11. The molecule has 0 bridgehead atoms. The van der Waals surface area contributed by atoms with E-state index < -0.39 is 0 Å². The molecule has 2 heterocycles. The Balaban J connectivity index is 1.82. The molecule has 1 saturated carbocycles. The molecular formula is C15H22N2O2. The third-order valence-electron chi connectivity index (χ3n) is 4.17. The molecule has 1 aromatic heterocycles. The Kier molecular flexibility index (Phi) is 3.60. The number of aromatic hydroxyl groups is 1. The van der Waals surface area contributed by atoms with Gasteiger partial charge in [0.15, 0.2) is 5.75 Å². The van der Waals surface area contributed by atoms with Crippen molar-refractivity contribution in [1.29, 1.82) is 0 Å². The van der Waals surface area contributed by atoms with E-state index in [1.807, 2.05) is 0 Å². The third kappa shape index (κ3) is 3.00. The van der Waals surface area contributed by atoms with Crippen molar-refractivity contribution in [3.05, 3.63) is 28.2 Å². The first-order valence-corrected chi connectivity index (χ1v) is 7.40. The Hall–Kier alpha value is -1.29. The lowest BCUT2D eigenvalue weighted by molar-refractivity contribution is 0.268. The number of likely N-dealkylation sites (tertiary alicyclic amines) is 1. The second kappa shape index (κ2) is 5.37. The first-order chi connectivity index (χ1) is 9.24. The molecule has 4 heteroatoms. The molecule has 2 aliphatic rings. The summed E-state index contributed by atoms with van der Waals surface area (Å²) < 4.78 is 2.11. The minimum atomic E-state index is -0.248. The van der Waals surface area contributed by atoms with Crippen LogP contribution in [0.2, 0.25) is 0 Å². The maximum absolute atomic E-state index is 11.7. The fourth-order valence-corrected chi connectivity index (χ4v) is 2.92. The van der Waals surface area contributed by atoms with Crippen LogP contribution in [-0.4, -0.2) is 27.7 Å². The standard InChI is InChI=1S/C15H22N2O2/c18-14-9-13(10-16-7-3-1-2-4-8-16)17(11-15(14)19)12-5-6-12/h9,11-12,19H,1-8,10H2. The van der Waals surface area contributed by atoms with Gasteiger partial charge in [-0.05, 0) is 38.8 Å². The van der Waals surface area contributed by atoms with Crippen molar-refractivity contribution >= 4 is 0 Å². The van der Waals surface area contributed by atoms with Gasteiger partial charge in [0.25, 0.3) is 0 Å². The lowest BCUT2D eigenvalue weighted by Crippen LogP contribution is -2.27. The molecule has 19 heavy (non-hydrogen) atoms. The summed E-state index contributed by atoms with van der Waals surface area (Å²) in [6.45, 7) is 3.09. The van der Waals surface area contributed by atoms with Gasteiger partial charge in [-0.2, -0.15) is 0 Å². The van der Waals surface area contributed by atoms with E-state index in [1.165, 1.54) is 25.7 Å². The smallest absolute Gasteiger partial charge is 0.223 e. The Morgan fingerprint density at radius 2 is 1.84 bits per heavy atom. The van der Waals surface area contributed by atoms with Crippen LogP contribution < -0.4 is 5.43 Å². The zero-order valence-corrected chi connectivity index (χ0v) is 11.3. The van der Waals surface area contributed by atoms with E-state index in [9.17, 15) is 9.90 Å². The fourth-order valence-electron chi connectivity index (χ4n) is 2.92.